The number of halogens is 4. The summed E-state index contributed by atoms with van der Waals surface area (Å²) >= 11 is 3.26. The summed E-state index contributed by atoms with van der Waals surface area (Å²) in [6.07, 6.45) is -2.03. The molecule has 1 aromatic carbocycles. The summed E-state index contributed by atoms with van der Waals surface area (Å²) in [5.74, 6) is -2.53. The van der Waals surface area contributed by atoms with Gasteiger partial charge >= 0.3 is 12.1 Å². The molecule has 2 aromatic rings. The zero-order chi connectivity index (χ0) is 22.3. The number of alkyl halides is 3. The third-order valence-corrected chi connectivity index (χ3v) is 7.47. The topological polar surface area (TPSA) is 101 Å². The van der Waals surface area contributed by atoms with E-state index in [2.05, 4.69) is 20.9 Å². The Labute approximate surface area is 177 Å². The summed E-state index contributed by atoms with van der Waals surface area (Å²) in [7, 11) is -4.23. The van der Waals surface area contributed by atoms with E-state index in [1.807, 2.05) is 0 Å². The minimum Gasteiger partial charge on any atom is -0.478 e. The highest BCUT2D eigenvalue weighted by molar-refractivity contribution is 9.10. The Bertz CT molecular complexity index is 1140. The maximum Gasteiger partial charge on any atom is 0.433 e. The zero-order valence-electron chi connectivity index (χ0n) is 14.9. The Hall–Kier alpha value is -2.53. The van der Waals surface area contributed by atoms with Crippen LogP contribution in [0.1, 0.15) is 34.0 Å². The molecule has 0 bridgehead atoms. The summed E-state index contributed by atoms with van der Waals surface area (Å²) in [6, 6.07) is 5.41. The number of aromatic carboxylic acids is 1. The van der Waals surface area contributed by atoms with E-state index in [0.29, 0.717) is 22.3 Å². The Balaban J connectivity index is 2.08. The Morgan fingerprint density at radius 1 is 1.20 bits per heavy atom. The molecule has 0 aliphatic heterocycles. The third kappa shape index (κ3) is 4.31. The van der Waals surface area contributed by atoms with Crippen LogP contribution in [0, 0.1) is 0 Å². The number of pyridine rings is 1. The van der Waals surface area contributed by atoms with Crippen LogP contribution >= 0.6 is 15.9 Å². The Morgan fingerprint density at radius 3 is 2.47 bits per heavy atom. The first kappa shape index (κ1) is 22.2. The molecular formula is C19H13BrF3NO5S. The van der Waals surface area contributed by atoms with Crippen LogP contribution in [0.2, 0.25) is 0 Å². The fraction of sp³-hybridized carbons (Fsp3) is 0.211. The molecule has 0 radical (unpaired) electrons. The quantitative estimate of drug-likeness (QED) is 0.676. The number of allylic oxidation sites excluding steroid dienone is 1. The lowest BCUT2D eigenvalue weighted by molar-refractivity contribution is -0.141. The van der Waals surface area contributed by atoms with Crippen molar-refractivity contribution in [2.24, 2.45) is 0 Å². The van der Waals surface area contributed by atoms with E-state index in [4.69, 9.17) is 0 Å². The molecule has 11 heteroatoms. The first-order valence-electron chi connectivity index (χ1n) is 8.42. The van der Waals surface area contributed by atoms with E-state index in [-0.39, 0.29) is 17.8 Å². The number of nitrogens with zero attached hydrogens (tertiary/aromatic N) is 1. The van der Waals surface area contributed by atoms with Crippen molar-refractivity contribution < 1.29 is 36.3 Å². The van der Waals surface area contributed by atoms with Gasteiger partial charge in [-0.15, -0.1) is 0 Å². The molecule has 1 N–H and O–H groups in total. The second kappa shape index (κ2) is 7.95. The third-order valence-electron chi connectivity index (χ3n) is 4.65. The number of carbonyl (C=O) groups is 2. The maximum absolute atomic E-state index is 13.2. The molecule has 1 aromatic heterocycles. The lowest BCUT2D eigenvalue weighted by Crippen LogP contribution is -2.32. The number of benzene rings is 1. The van der Waals surface area contributed by atoms with Gasteiger partial charge in [-0.1, -0.05) is 22.0 Å². The van der Waals surface area contributed by atoms with Crippen molar-refractivity contribution in [3.63, 3.8) is 0 Å². The van der Waals surface area contributed by atoms with Gasteiger partial charge in [0.05, 0.1) is 15.7 Å². The number of rotatable bonds is 4. The SMILES string of the molecule is O=C1C=CC(S(=O)(=O)c2ccc(C(F)(F)F)nc2)C(c2cc(C(=O)O)ccc2Br)C1. The zero-order valence-corrected chi connectivity index (χ0v) is 17.3. The molecule has 0 saturated carbocycles. The first-order chi connectivity index (χ1) is 13.9. The van der Waals surface area contributed by atoms with Crippen LogP contribution in [0.3, 0.4) is 0 Å². The number of aromatic nitrogens is 1. The molecule has 1 aliphatic carbocycles. The van der Waals surface area contributed by atoms with Gasteiger partial charge in [0.1, 0.15) is 5.69 Å². The maximum atomic E-state index is 13.2. The van der Waals surface area contributed by atoms with Gasteiger partial charge in [-0.25, -0.2) is 13.2 Å². The van der Waals surface area contributed by atoms with E-state index in [1.54, 1.807) is 0 Å². The lowest BCUT2D eigenvalue weighted by Gasteiger charge is -2.28. The highest BCUT2D eigenvalue weighted by Crippen LogP contribution is 2.39. The Kier molecular flexibility index (Phi) is 5.87. The summed E-state index contributed by atoms with van der Waals surface area (Å²) in [5.41, 5.74) is -1.03. The van der Waals surface area contributed by atoms with Crippen LogP contribution in [0.15, 0.2) is 58.0 Å². The highest BCUT2D eigenvalue weighted by Gasteiger charge is 2.39. The lowest BCUT2D eigenvalue weighted by atomic mass is 9.86. The van der Waals surface area contributed by atoms with Crippen LogP contribution in [0.5, 0.6) is 0 Å². The number of hydrogen-bond acceptors (Lipinski definition) is 5. The number of carboxylic acid groups (broad SMARTS) is 1. The molecule has 2 atom stereocenters. The summed E-state index contributed by atoms with van der Waals surface area (Å²) in [4.78, 5) is 26.1. The van der Waals surface area contributed by atoms with Gasteiger partial charge in [-0.2, -0.15) is 13.2 Å². The Morgan fingerprint density at radius 2 is 1.90 bits per heavy atom. The second-order valence-electron chi connectivity index (χ2n) is 6.56. The van der Waals surface area contributed by atoms with Gasteiger partial charge in [-0.05, 0) is 42.0 Å². The fourth-order valence-corrected chi connectivity index (χ4v) is 5.45. The van der Waals surface area contributed by atoms with Gasteiger partial charge in [0, 0.05) is 23.0 Å². The number of carbonyl (C=O) groups excluding carboxylic acids is 1. The molecule has 6 nitrogen and oxygen atoms in total. The number of ketones is 1. The minimum atomic E-state index is -4.72. The molecule has 0 spiro atoms. The van der Waals surface area contributed by atoms with Crippen molar-refractivity contribution in [1.29, 1.82) is 0 Å². The van der Waals surface area contributed by atoms with Crippen LogP contribution in [0.4, 0.5) is 13.2 Å². The predicted molar refractivity (Wildman–Crippen MR) is 103 cm³/mol. The molecular weight excluding hydrogens is 491 g/mol. The number of hydrogen-bond donors (Lipinski definition) is 1. The molecule has 0 saturated heterocycles. The molecule has 1 heterocycles. The molecule has 3 rings (SSSR count). The van der Waals surface area contributed by atoms with Crippen LogP contribution < -0.4 is 0 Å². The summed E-state index contributed by atoms with van der Waals surface area (Å²) < 4.78 is 64.9. The van der Waals surface area contributed by atoms with E-state index in [9.17, 15) is 36.3 Å². The summed E-state index contributed by atoms with van der Waals surface area (Å²) in [5, 5.41) is 7.93. The van der Waals surface area contributed by atoms with E-state index in [0.717, 1.165) is 12.1 Å². The molecule has 30 heavy (non-hydrogen) atoms. The van der Waals surface area contributed by atoms with Crippen molar-refractivity contribution in [2.75, 3.05) is 0 Å². The number of carboxylic acids is 1. The fourth-order valence-electron chi connectivity index (χ4n) is 3.18. The van der Waals surface area contributed by atoms with Crippen molar-refractivity contribution >= 4 is 37.5 Å². The largest absolute Gasteiger partial charge is 0.478 e. The molecule has 158 valence electrons. The first-order valence-corrected chi connectivity index (χ1v) is 10.8. The van der Waals surface area contributed by atoms with Crippen LogP contribution in [-0.4, -0.2) is 35.5 Å². The average Bonchev–Trinajstić information content (AvgIpc) is 2.67. The average molecular weight is 504 g/mol. The van der Waals surface area contributed by atoms with E-state index in [1.165, 1.54) is 24.3 Å². The summed E-state index contributed by atoms with van der Waals surface area (Å²) in [6.45, 7) is 0. The second-order valence-corrected chi connectivity index (χ2v) is 9.52. The smallest absolute Gasteiger partial charge is 0.433 e. The van der Waals surface area contributed by atoms with Crippen LogP contribution in [0.25, 0.3) is 0 Å². The van der Waals surface area contributed by atoms with Gasteiger partial charge < -0.3 is 5.11 Å². The van der Waals surface area contributed by atoms with E-state index >= 15 is 0 Å². The monoisotopic (exact) mass is 503 g/mol. The van der Waals surface area contributed by atoms with Gasteiger partial charge in [-0.3, -0.25) is 9.78 Å². The van der Waals surface area contributed by atoms with Crippen molar-refractivity contribution in [1.82, 2.24) is 4.98 Å². The predicted octanol–water partition coefficient (Wildman–Crippen LogP) is 4.02. The molecule has 0 fully saturated rings. The molecule has 0 amide bonds. The molecule has 2 unspecified atom stereocenters. The normalized spacial score (nSPS) is 19.7. The van der Waals surface area contributed by atoms with Crippen molar-refractivity contribution in [2.45, 2.75) is 28.7 Å². The van der Waals surface area contributed by atoms with Gasteiger partial charge in [0.25, 0.3) is 0 Å². The molecule has 1 aliphatic rings. The van der Waals surface area contributed by atoms with Crippen LogP contribution in [-0.2, 0) is 20.8 Å². The van der Waals surface area contributed by atoms with Crippen molar-refractivity contribution in [3.05, 3.63) is 70.0 Å². The highest BCUT2D eigenvalue weighted by atomic mass is 79.9. The standard InChI is InChI=1S/C19H13BrF3NO5S/c20-15-4-1-10(18(26)27)7-13(15)14-8-11(25)2-5-16(14)30(28,29)12-3-6-17(24-9-12)19(21,22)23/h1-7,9,14,16H,8H2,(H,26,27). The van der Waals surface area contributed by atoms with E-state index < -0.39 is 43.7 Å². The van der Waals surface area contributed by atoms with Gasteiger partial charge in [0.2, 0.25) is 0 Å². The van der Waals surface area contributed by atoms with Gasteiger partial charge in [0.15, 0.2) is 15.6 Å². The minimum absolute atomic E-state index is 0.0949. The van der Waals surface area contributed by atoms with Crippen molar-refractivity contribution in [3.8, 4) is 0 Å². The number of sulfone groups is 1.